The van der Waals surface area contributed by atoms with Crippen LogP contribution in [0.15, 0.2) is 12.3 Å². The zero-order chi connectivity index (χ0) is 7.56. The molecule has 0 aliphatic carbocycles. The van der Waals surface area contributed by atoms with E-state index in [0.29, 0.717) is 0 Å². The summed E-state index contributed by atoms with van der Waals surface area (Å²) in [5, 5.41) is 3.97. The van der Waals surface area contributed by atoms with Crippen LogP contribution < -0.4 is 5.73 Å². The third-order valence-corrected chi connectivity index (χ3v) is 1.09. The normalized spacial score (nSPS) is 9.70. The molecule has 0 spiro atoms. The molecular weight excluding hydrogens is 130 g/mol. The number of nitrogens with zero attached hydrogens (tertiary/aromatic N) is 2. The minimum Gasteiger partial charge on any atom is -0.368 e. The number of carbonyl (C=O) groups excluding carboxylic acids is 1. The standard InChI is InChI=1S/C6H9N3O/c1-5-2-3-9(8-5)4-6(7)10/h2-3H,4H2,1H3,(H2,7,10). The predicted molar refractivity (Wildman–Crippen MR) is 36.2 cm³/mol. The topological polar surface area (TPSA) is 60.9 Å². The van der Waals surface area contributed by atoms with Crippen LogP contribution >= 0.6 is 0 Å². The molecule has 0 aromatic carbocycles. The lowest BCUT2D eigenvalue weighted by Crippen LogP contribution is -2.18. The number of rotatable bonds is 2. The van der Waals surface area contributed by atoms with Crippen LogP contribution in [-0.2, 0) is 11.3 Å². The highest BCUT2D eigenvalue weighted by Crippen LogP contribution is 1.90. The largest absolute Gasteiger partial charge is 0.368 e. The third kappa shape index (κ3) is 1.58. The molecule has 1 aromatic rings. The van der Waals surface area contributed by atoms with E-state index >= 15 is 0 Å². The highest BCUT2D eigenvalue weighted by molar-refractivity contribution is 5.73. The van der Waals surface area contributed by atoms with Gasteiger partial charge in [0.15, 0.2) is 0 Å². The molecule has 2 N–H and O–H groups in total. The summed E-state index contributed by atoms with van der Waals surface area (Å²) >= 11 is 0. The van der Waals surface area contributed by atoms with E-state index in [1.165, 1.54) is 4.68 Å². The second kappa shape index (κ2) is 2.51. The van der Waals surface area contributed by atoms with Crippen LogP contribution in [0.5, 0.6) is 0 Å². The van der Waals surface area contributed by atoms with Gasteiger partial charge >= 0.3 is 0 Å². The average molecular weight is 139 g/mol. The van der Waals surface area contributed by atoms with E-state index in [-0.39, 0.29) is 12.5 Å². The Kier molecular flexibility index (Phi) is 1.71. The summed E-state index contributed by atoms with van der Waals surface area (Å²) in [5.74, 6) is -0.372. The fourth-order valence-electron chi connectivity index (χ4n) is 0.711. The maximum atomic E-state index is 10.3. The van der Waals surface area contributed by atoms with E-state index in [2.05, 4.69) is 5.10 Å². The summed E-state index contributed by atoms with van der Waals surface area (Å²) in [4.78, 5) is 10.3. The quantitative estimate of drug-likeness (QED) is 0.610. The molecular formula is C6H9N3O. The van der Waals surface area contributed by atoms with E-state index in [4.69, 9.17) is 5.73 Å². The Morgan fingerprint density at radius 3 is 3.00 bits per heavy atom. The van der Waals surface area contributed by atoms with Crippen LogP contribution in [0.2, 0.25) is 0 Å². The first-order chi connectivity index (χ1) is 4.68. The van der Waals surface area contributed by atoms with Crippen molar-refractivity contribution in [2.24, 2.45) is 5.73 Å². The summed E-state index contributed by atoms with van der Waals surface area (Å²) in [7, 11) is 0. The SMILES string of the molecule is Cc1ccn(CC(N)=O)n1. The highest BCUT2D eigenvalue weighted by atomic mass is 16.1. The zero-order valence-electron chi connectivity index (χ0n) is 5.74. The van der Waals surface area contributed by atoms with Crippen molar-refractivity contribution in [1.82, 2.24) is 9.78 Å². The number of aryl methyl sites for hydroxylation is 1. The fourth-order valence-corrected chi connectivity index (χ4v) is 0.711. The number of primary amides is 1. The molecule has 4 nitrogen and oxygen atoms in total. The molecule has 10 heavy (non-hydrogen) atoms. The fraction of sp³-hybridized carbons (Fsp3) is 0.333. The summed E-state index contributed by atoms with van der Waals surface area (Å²) in [6.07, 6.45) is 1.72. The van der Waals surface area contributed by atoms with Crippen molar-refractivity contribution >= 4 is 5.91 Å². The smallest absolute Gasteiger partial charge is 0.239 e. The monoisotopic (exact) mass is 139 g/mol. The van der Waals surface area contributed by atoms with Crippen molar-refractivity contribution in [2.75, 3.05) is 0 Å². The Bertz CT molecular complexity index is 241. The molecule has 1 amide bonds. The van der Waals surface area contributed by atoms with Crippen LogP contribution in [0.1, 0.15) is 5.69 Å². The van der Waals surface area contributed by atoms with Gasteiger partial charge in [-0.3, -0.25) is 9.48 Å². The van der Waals surface area contributed by atoms with Gasteiger partial charge in [-0.15, -0.1) is 0 Å². The van der Waals surface area contributed by atoms with E-state index in [9.17, 15) is 4.79 Å². The number of hydrogen-bond donors (Lipinski definition) is 1. The second-order valence-corrected chi connectivity index (χ2v) is 2.12. The molecule has 0 radical (unpaired) electrons. The number of aromatic nitrogens is 2. The molecule has 1 heterocycles. The molecule has 0 saturated carbocycles. The molecule has 1 aromatic heterocycles. The first kappa shape index (κ1) is 6.80. The Labute approximate surface area is 58.6 Å². The molecule has 1 rings (SSSR count). The predicted octanol–water partition coefficient (Wildman–Crippen LogP) is -0.323. The Hall–Kier alpha value is -1.32. The summed E-state index contributed by atoms with van der Waals surface area (Å²) in [5.41, 5.74) is 5.82. The molecule has 0 bridgehead atoms. The van der Waals surface area contributed by atoms with Crippen molar-refractivity contribution in [3.63, 3.8) is 0 Å². The molecule has 0 aliphatic heterocycles. The number of amides is 1. The lowest BCUT2D eigenvalue weighted by Gasteiger charge is -1.93. The summed E-state index contributed by atoms with van der Waals surface area (Å²) < 4.78 is 1.51. The number of carbonyl (C=O) groups is 1. The molecule has 0 unspecified atom stereocenters. The minimum atomic E-state index is -0.372. The van der Waals surface area contributed by atoms with Crippen molar-refractivity contribution in [1.29, 1.82) is 0 Å². The van der Waals surface area contributed by atoms with Crippen LogP contribution in [-0.4, -0.2) is 15.7 Å². The maximum Gasteiger partial charge on any atom is 0.239 e. The average Bonchev–Trinajstić information content (AvgIpc) is 2.13. The van der Waals surface area contributed by atoms with Gasteiger partial charge < -0.3 is 5.73 Å². The van der Waals surface area contributed by atoms with Crippen molar-refractivity contribution < 1.29 is 4.79 Å². The van der Waals surface area contributed by atoms with E-state index in [1.54, 1.807) is 6.20 Å². The lowest BCUT2D eigenvalue weighted by molar-refractivity contribution is -0.118. The molecule has 0 aliphatic rings. The van der Waals surface area contributed by atoms with Crippen LogP contribution in [0.3, 0.4) is 0 Å². The van der Waals surface area contributed by atoms with Crippen molar-refractivity contribution in [3.8, 4) is 0 Å². The van der Waals surface area contributed by atoms with Gasteiger partial charge in [0.05, 0.1) is 5.69 Å². The first-order valence-electron chi connectivity index (χ1n) is 2.97. The van der Waals surface area contributed by atoms with Gasteiger partial charge in [0, 0.05) is 6.20 Å². The molecule has 0 fully saturated rings. The minimum absolute atomic E-state index is 0.161. The molecule has 4 heteroatoms. The third-order valence-electron chi connectivity index (χ3n) is 1.09. The van der Waals surface area contributed by atoms with Gasteiger partial charge in [-0.05, 0) is 13.0 Å². The van der Waals surface area contributed by atoms with Gasteiger partial charge in [0.25, 0.3) is 0 Å². The maximum absolute atomic E-state index is 10.3. The Morgan fingerprint density at radius 1 is 1.90 bits per heavy atom. The van der Waals surface area contributed by atoms with Gasteiger partial charge in [-0.25, -0.2) is 0 Å². The van der Waals surface area contributed by atoms with Crippen LogP contribution in [0.25, 0.3) is 0 Å². The van der Waals surface area contributed by atoms with E-state index < -0.39 is 0 Å². The lowest BCUT2D eigenvalue weighted by atomic mass is 10.5. The molecule has 0 saturated heterocycles. The Morgan fingerprint density at radius 2 is 2.60 bits per heavy atom. The van der Waals surface area contributed by atoms with Gasteiger partial charge in [-0.2, -0.15) is 5.10 Å². The first-order valence-corrected chi connectivity index (χ1v) is 2.97. The van der Waals surface area contributed by atoms with Gasteiger partial charge in [-0.1, -0.05) is 0 Å². The molecule has 54 valence electrons. The van der Waals surface area contributed by atoms with Gasteiger partial charge in [0.1, 0.15) is 6.54 Å². The second-order valence-electron chi connectivity index (χ2n) is 2.12. The zero-order valence-corrected chi connectivity index (χ0v) is 5.74. The van der Waals surface area contributed by atoms with Crippen molar-refractivity contribution in [3.05, 3.63) is 18.0 Å². The molecule has 0 atom stereocenters. The van der Waals surface area contributed by atoms with E-state index in [1.807, 2.05) is 13.0 Å². The Balaban J connectivity index is 2.67. The van der Waals surface area contributed by atoms with E-state index in [0.717, 1.165) is 5.69 Å². The van der Waals surface area contributed by atoms with Crippen LogP contribution in [0, 0.1) is 6.92 Å². The summed E-state index contributed by atoms with van der Waals surface area (Å²) in [6.45, 7) is 2.02. The highest BCUT2D eigenvalue weighted by Gasteiger charge is 1.96. The number of nitrogens with two attached hydrogens (primary N) is 1. The number of hydrogen-bond acceptors (Lipinski definition) is 2. The summed E-state index contributed by atoms with van der Waals surface area (Å²) in [6, 6.07) is 1.82. The van der Waals surface area contributed by atoms with Crippen molar-refractivity contribution in [2.45, 2.75) is 13.5 Å². The van der Waals surface area contributed by atoms with Gasteiger partial charge in [0.2, 0.25) is 5.91 Å². The van der Waals surface area contributed by atoms with Crippen LogP contribution in [0.4, 0.5) is 0 Å².